The number of aromatic nitrogens is 1. The molecule has 20 heavy (non-hydrogen) atoms. The lowest BCUT2D eigenvalue weighted by Crippen LogP contribution is -2.44. The lowest BCUT2D eigenvalue weighted by Gasteiger charge is -2.25. The zero-order chi connectivity index (χ0) is 13.9. The van der Waals surface area contributed by atoms with Crippen molar-refractivity contribution in [1.82, 2.24) is 10.3 Å². The molecule has 0 bridgehead atoms. The molecule has 0 fully saturated rings. The SMILES string of the molecule is Cc1ccncc1NC(=O)[C@H]1Cc2ccccc2CN1. The van der Waals surface area contributed by atoms with Crippen LogP contribution in [-0.4, -0.2) is 16.9 Å². The fraction of sp³-hybridized carbons (Fsp3) is 0.250. The number of pyridine rings is 1. The average molecular weight is 267 g/mol. The third-order valence-corrected chi connectivity index (χ3v) is 3.69. The van der Waals surface area contributed by atoms with Gasteiger partial charge in [0, 0.05) is 12.7 Å². The van der Waals surface area contributed by atoms with Gasteiger partial charge in [-0.3, -0.25) is 9.78 Å². The summed E-state index contributed by atoms with van der Waals surface area (Å²) in [5, 5.41) is 6.23. The molecule has 0 saturated heterocycles. The van der Waals surface area contributed by atoms with Gasteiger partial charge in [0.1, 0.15) is 0 Å². The van der Waals surface area contributed by atoms with Gasteiger partial charge < -0.3 is 10.6 Å². The van der Waals surface area contributed by atoms with Crippen molar-refractivity contribution in [2.75, 3.05) is 5.32 Å². The van der Waals surface area contributed by atoms with Crippen LogP contribution in [-0.2, 0) is 17.8 Å². The second-order valence-electron chi connectivity index (χ2n) is 5.09. The molecule has 0 radical (unpaired) electrons. The number of anilines is 1. The van der Waals surface area contributed by atoms with Crippen molar-refractivity contribution >= 4 is 11.6 Å². The van der Waals surface area contributed by atoms with E-state index in [1.54, 1.807) is 12.4 Å². The van der Waals surface area contributed by atoms with Crippen LogP contribution < -0.4 is 10.6 Å². The van der Waals surface area contributed by atoms with Crippen LogP contribution in [0.2, 0.25) is 0 Å². The summed E-state index contributed by atoms with van der Waals surface area (Å²) >= 11 is 0. The number of carbonyl (C=O) groups is 1. The maximum absolute atomic E-state index is 12.3. The van der Waals surface area contributed by atoms with Crippen molar-refractivity contribution in [2.24, 2.45) is 0 Å². The van der Waals surface area contributed by atoms with Crippen LogP contribution in [0.15, 0.2) is 42.7 Å². The highest BCUT2D eigenvalue weighted by Gasteiger charge is 2.24. The highest BCUT2D eigenvalue weighted by Crippen LogP contribution is 2.18. The third-order valence-electron chi connectivity index (χ3n) is 3.69. The summed E-state index contributed by atoms with van der Waals surface area (Å²) in [6.45, 7) is 2.70. The van der Waals surface area contributed by atoms with Gasteiger partial charge in [-0.15, -0.1) is 0 Å². The van der Waals surface area contributed by atoms with Crippen molar-refractivity contribution in [3.8, 4) is 0 Å². The number of hydrogen-bond donors (Lipinski definition) is 2. The van der Waals surface area contributed by atoms with Crippen LogP contribution in [0.5, 0.6) is 0 Å². The molecule has 0 saturated carbocycles. The summed E-state index contributed by atoms with van der Waals surface area (Å²) in [5.41, 5.74) is 4.31. The molecule has 0 spiro atoms. The molecule has 1 atom stereocenters. The van der Waals surface area contributed by atoms with Gasteiger partial charge in [0.2, 0.25) is 5.91 Å². The van der Waals surface area contributed by atoms with Gasteiger partial charge in [0.15, 0.2) is 0 Å². The highest BCUT2D eigenvalue weighted by molar-refractivity contribution is 5.95. The van der Waals surface area contributed by atoms with Gasteiger partial charge in [0.05, 0.1) is 17.9 Å². The summed E-state index contributed by atoms with van der Waals surface area (Å²) in [6, 6.07) is 9.93. The van der Waals surface area contributed by atoms with Crippen LogP contribution in [0.3, 0.4) is 0 Å². The van der Waals surface area contributed by atoms with Crippen LogP contribution in [0, 0.1) is 6.92 Å². The quantitative estimate of drug-likeness (QED) is 0.875. The lowest BCUT2D eigenvalue weighted by atomic mass is 9.95. The fourth-order valence-corrected chi connectivity index (χ4v) is 2.45. The van der Waals surface area contributed by atoms with Gasteiger partial charge in [-0.1, -0.05) is 24.3 Å². The Kier molecular flexibility index (Phi) is 3.48. The summed E-state index contributed by atoms with van der Waals surface area (Å²) in [7, 11) is 0. The first-order valence-electron chi connectivity index (χ1n) is 6.75. The summed E-state index contributed by atoms with van der Waals surface area (Å²) in [4.78, 5) is 16.4. The monoisotopic (exact) mass is 267 g/mol. The number of nitrogens with one attached hydrogen (secondary N) is 2. The number of rotatable bonds is 2. The Labute approximate surface area is 118 Å². The molecule has 4 nitrogen and oxygen atoms in total. The summed E-state index contributed by atoms with van der Waals surface area (Å²) < 4.78 is 0. The Morgan fingerprint density at radius 1 is 1.30 bits per heavy atom. The second-order valence-corrected chi connectivity index (χ2v) is 5.09. The van der Waals surface area contributed by atoms with Gasteiger partial charge in [-0.25, -0.2) is 0 Å². The first kappa shape index (κ1) is 12.8. The van der Waals surface area contributed by atoms with E-state index in [0.29, 0.717) is 0 Å². The number of fused-ring (bicyclic) bond motifs is 1. The Hall–Kier alpha value is -2.20. The van der Waals surface area contributed by atoms with Gasteiger partial charge >= 0.3 is 0 Å². The Morgan fingerprint density at radius 2 is 2.10 bits per heavy atom. The van der Waals surface area contributed by atoms with Gasteiger partial charge in [-0.05, 0) is 36.1 Å². The zero-order valence-electron chi connectivity index (χ0n) is 11.4. The van der Waals surface area contributed by atoms with Crippen molar-refractivity contribution in [3.05, 3.63) is 59.4 Å². The standard InChI is InChI=1S/C16H17N3O/c1-11-6-7-17-10-15(11)19-16(20)14-8-12-4-2-3-5-13(12)9-18-14/h2-7,10,14,18H,8-9H2,1H3,(H,19,20)/t14-/m1/s1. The minimum absolute atomic E-state index is 0.00407. The molecule has 1 amide bonds. The molecule has 2 aromatic rings. The van der Waals surface area contributed by atoms with Gasteiger partial charge in [-0.2, -0.15) is 0 Å². The first-order valence-corrected chi connectivity index (χ1v) is 6.75. The normalized spacial score (nSPS) is 17.4. The number of hydrogen-bond acceptors (Lipinski definition) is 3. The molecule has 102 valence electrons. The average Bonchev–Trinajstić information content (AvgIpc) is 2.49. The number of nitrogens with zero attached hydrogens (tertiary/aromatic N) is 1. The number of amides is 1. The van der Waals surface area contributed by atoms with Crippen LogP contribution in [0.25, 0.3) is 0 Å². The van der Waals surface area contributed by atoms with Crippen LogP contribution >= 0.6 is 0 Å². The van der Waals surface area contributed by atoms with Crippen LogP contribution in [0.4, 0.5) is 5.69 Å². The minimum Gasteiger partial charge on any atom is -0.323 e. The molecule has 3 rings (SSSR count). The Bertz CT molecular complexity index is 639. The Balaban J connectivity index is 1.72. The topological polar surface area (TPSA) is 54.0 Å². The van der Waals surface area contributed by atoms with E-state index >= 15 is 0 Å². The van der Waals surface area contributed by atoms with E-state index in [9.17, 15) is 4.79 Å². The molecular weight excluding hydrogens is 250 g/mol. The van der Waals surface area contributed by atoms with E-state index in [0.717, 1.165) is 24.2 Å². The summed E-state index contributed by atoms with van der Waals surface area (Å²) in [5.74, 6) is -0.00407. The van der Waals surface area contributed by atoms with Crippen molar-refractivity contribution < 1.29 is 4.79 Å². The van der Waals surface area contributed by atoms with E-state index in [-0.39, 0.29) is 11.9 Å². The molecule has 1 aromatic carbocycles. The molecule has 0 unspecified atom stereocenters. The highest BCUT2D eigenvalue weighted by atomic mass is 16.2. The van der Waals surface area contributed by atoms with E-state index in [2.05, 4.69) is 27.8 Å². The maximum Gasteiger partial charge on any atom is 0.241 e. The lowest BCUT2D eigenvalue weighted by molar-refractivity contribution is -0.118. The number of carbonyl (C=O) groups excluding carboxylic acids is 1. The predicted octanol–water partition coefficient (Wildman–Crippen LogP) is 2.04. The zero-order valence-corrected chi connectivity index (χ0v) is 11.4. The van der Waals surface area contributed by atoms with E-state index < -0.39 is 0 Å². The van der Waals surface area contributed by atoms with Crippen molar-refractivity contribution in [1.29, 1.82) is 0 Å². The smallest absolute Gasteiger partial charge is 0.241 e. The third kappa shape index (κ3) is 2.56. The second kappa shape index (κ2) is 5.43. The minimum atomic E-state index is -0.190. The van der Waals surface area contributed by atoms with E-state index in [1.807, 2.05) is 25.1 Å². The maximum atomic E-state index is 12.3. The predicted molar refractivity (Wildman–Crippen MR) is 78.4 cm³/mol. The van der Waals surface area contributed by atoms with Crippen LogP contribution in [0.1, 0.15) is 16.7 Å². The molecular formula is C16H17N3O. The molecule has 4 heteroatoms. The van der Waals surface area contributed by atoms with Gasteiger partial charge in [0.25, 0.3) is 0 Å². The molecule has 0 aliphatic carbocycles. The molecule has 1 aromatic heterocycles. The van der Waals surface area contributed by atoms with Crippen molar-refractivity contribution in [3.63, 3.8) is 0 Å². The largest absolute Gasteiger partial charge is 0.323 e. The molecule has 1 aliphatic heterocycles. The molecule has 2 heterocycles. The van der Waals surface area contributed by atoms with E-state index in [4.69, 9.17) is 0 Å². The number of aryl methyl sites for hydroxylation is 1. The van der Waals surface area contributed by atoms with Crippen molar-refractivity contribution in [2.45, 2.75) is 25.9 Å². The fourth-order valence-electron chi connectivity index (χ4n) is 2.45. The number of benzene rings is 1. The molecule has 1 aliphatic rings. The van der Waals surface area contributed by atoms with E-state index in [1.165, 1.54) is 11.1 Å². The molecule has 2 N–H and O–H groups in total. The first-order chi connectivity index (χ1) is 9.74. The summed E-state index contributed by atoms with van der Waals surface area (Å²) in [6.07, 6.45) is 4.13. The Morgan fingerprint density at radius 3 is 2.90 bits per heavy atom.